The largest absolute Gasteiger partial charge is 0.389 e. The van der Waals surface area contributed by atoms with Crippen LogP contribution >= 0.6 is 24.0 Å². The fourth-order valence-electron chi connectivity index (χ4n) is 3.32. The van der Waals surface area contributed by atoms with E-state index < -0.39 is 6.10 Å². The Morgan fingerprint density at radius 2 is 2.07 bits per heavy atom. The van der Waals surface area contributed by atoms with E-state index in [0.717, 1.165) is 56.8 Å². The van der Waals surface area contributed by atoms with Crippen LogP contribution in [0.1, 0.15) is 38.2 Å². The van der Waals surface area contributed by atoms with Crippen molar-refractivity contribution in [1.29, 1.82) is 0 Å². The third kappa shape index (κ3) is 8.64. The van der Waals surface area contributed by atoms with Gasteiger partial charge in [-0.1, -0.05) is 6.07 Å². The summed E-state index contributed by atoms with van der Waals surface area (Å²) in [5, 5.41) is 16.9. The number of hydrogen-bond acceptors (Lipinski definition) is 5. The Hall–Kier alpha value is -1.13. The van der Waals surface area contributed by atoms with Crippen molar-refractivity contribution in [1.82, 2.24) is 15.6 Å². The van der Waals surface area contributed by atoms with Crippen molar-refractivity contribution >= 4 is 35.8 Å². The Morgan fingerprint density at radius 1 is 1.31 bits per heavy atom. The number of halogens is 1. The van der Waals surface area contributed by atoms with E-state index in [1.807, 2.05) is 6.20 Å². The zero-order valence-electron chi connectivity index (χ0n) is 17.6. The summed E-state index contributed by atoms with van der Waals surface area (Å²) in [7, 11) is 0. The van der Waals surface area contributed by atoms with Gasteiger partial charge >= 0.3 is 0 Å². The summed E-state index contributed by atoms with van der Waals surface area (Å²) in [6.07, 6.45) is 5.97. The van der Waals surface area contributed by atoms with Crippen LogP contribution in [0.3, 0.4) is 0 Å². The van der Waals surface area contributed by atoms with Gasteiger partial charge in [-0.3, -0.25) is 4.99 Å². The number of piperidine rings is 1. The number of guanidine groups is 1. The number of hydrogen-bond donors (Lipinski definition) is 3. The predicted molar refractivity (Wildman–Crippen MR) is 128 cm³/mol. The van der Waals surface area contributed by atoms with Crippen molar-refractivity contribution in [2.75, 3.05) is 44.3 Å². The molecule has 0 aromatic carbocycles. The Kier molecular flexibility index (Phi) is 10.4. The molecule has 0 spiro atoms. The number of aliphatic imine (C=N–C) groups is 1. The Morgan fingerprint density at radius 3 is 2.69 bits per heavy atom. The molecule has 29 heavy (non-hydrogen) atoms. The van der Waals surface area contributed by atoms with E-state index in [1.54, 1.807) is 0 Å². The highest BCUT2D eigenvalue weighted by molar-refractivity contribution is 14.0. The fourth-order valence-corrected chi connectivity index (χ4v) is 3.32. The second-order valence-electron chi connectivity index (χ2n) is 7.95. The van der Waals surface area contributed by atoms with E-state index in [2.05, 4.69) is 51.5 Å². The lowest BCUT2D eigenvalue weighted by molar-refractivity contribution is 0.0368. The van der Waals surface area contributed by atoms with Gasteiger partial charge in [-0.25, -0.2) is 4.98 Å². The average Bonchev–Trinajstić information content (AvgIpc) is 3.52. The third-order valence-corrected chi connectivity index (χ3v) is 5.22. The maximum atomic E-state index is 10.1. The van der Waals surface area contributed by atoms with E-state index in [9.17, 15) is 5.11 Å². The first-order valence-electron chi connectivity index (χ1n) is 10.6. The van der Waals surface area contributed by atoms with Crippen molar-refractivity contribution in [3.63, 3.8) is 0 Å². The molecule has 0 amide bonds. The molecule has 1 atom stereocenters. The average molecular weight is 517 g/mol. The molecule has 2 aliphatic rings. The van der Waals surface area contributed by atoms with Crippen LogP contribution in [-0.2, 0) is 4.74 Å². The molecule has 1 aromatic heterocycles. The molecule has 1 aliphatic carbocycles. The van der Waals surface area contributed by atoms with Gasteiger partial charge < -0.3 is 25.4 Å². The van der Waals surface area contributed by atoms with E-state index in [4.69, 9.17) is 4.74 Å². The molecule has 1 unspecified atom stereocenters. The molecule has 1 aliphatic heterocycles. The predicted octanol–water partition coefficient (Wildman–Crippen LogP) is 2.32. The van der Waals surface area contributed by atoms with Gasteiger partial charge in [0.2, 0.25) is 0 Å². The molecular weight excluding hydrogens is 481 g/mol. The molecule has 2 heterocycles. The molecule has 3 N–H and O–H groups in total. The Bertz CT molecular complexity index is 616. The second-order valence-corrected chi connectivity index (χ2v) is 7.95. The molecule has 3 rings (SSSR count). The van der Waals surface area contributed by atoms with Crippen LogP contribution < -0.4 is 15.5 Å². The maximum absolute atomic E-state index is 10.1. The highest BCUT2D eigenvalue weighted by Crippen LogP contribution is 2.28. The number of nitrogens with one attached hydrogen (secondary N) is 2. The van der Waals surface area contributed by atoms with E-state index >= 15 is 0 Å². The lowest BCUT2D eigenvalue weighted by atomic mass is 10.1. The fraction of sp³-hybridized carbons (Fsp3) is 0.714. The molecule has 1 saturated heterocycles. The summed E-state index contributed by atoms with van der Waals surface area (Å²) in [4.78, 5) is 11.4. The number of aliphatic hydroxyl groups excluding tert-OH is 1. The van der Waals surface area contributed by atoms with Crippen LogP contribution in [-0.4, -0.2) is 67.6 Å². The van der Waals surface area contributed by atoms with Crippen LogP contribution in [0.15, 0.2) is 23.3 Å². The topological polar surface area (TPSA) is 82.0 Å². The third-order valence-electron chi connectivity index (χ3n) is 5.22. The van der Waals surface area contributed by atoms with Gasteiger partial charge in [0.05, 0.1) is 19.3 Å². The molecular formula is C21H36IN5O2. The quantitative estimate of drug-likeness (QED) is 0.265. The number of ether oxygens (including phenoxy) is 1. The summed E-state index contributed by atoms with van der Waals surface area (Å²) >= 11 is 0. The molecule has 8 heteroatoms. The van der Waals surface area contributed by atoms with E-state index in [1.165, 1.54) is 18.4 Å². The van der Waals surface area contributed by atoms with E-state index in [0.29, 0.717) is 19.2 Å². The van der Waals surface area contributed by atoms with Crippen LogP contribution in [0.4, 0.5) is 5.82 Å². The minimum absolute atomic E-state index is 0. The molecule has 0 bridgehead atoms. The lowest BCUT2D eigenvalue weighted by Crippen LogP contribution is -2.49. The minimum atomic E-state index is -0.552. The number of nitrogens with zero attached hydrogens (tertiary/aromatic N) is 3. The summed E-state index contributed by atoms with van der Waals surface area (Å²) in [6, 6.07) is 4.59. The van der Waals surface area contributed by atoms with Crippen molar-refractivity contribution in [2.45, 2.75) is 51.7 Å². The summed E-state index contributed by atoms with van der Waals surface area (Å²) < 4.78 is 5.55. The number of pyridine rings is 1. The summed E-state index contributed by atoms with van der Waals surface area (Å²) in [6.45, 7) is 8.35. The minimum Gasteiger partial charge on any atom is -0.389 e. The monoisotopic (exact) mass is 517 g/mol. The van der Waals surface area contributed by atoms with Crippen molar-refractivity contribution in [3.05, 3.63) is 23.9 Å². The first-order valence-corrected chi connectivity index (χ1v) is 10.6. The van der Waals surface area contributed by atoms with Gasteiger partial charge in [-0.15, -0.1) is 24.0 Å². The molecule has 1 saturated carbocycles. The smallest absolute Gasteiger partial charge is 0.191 e. The van der Waals surface area contributed by atoms with Crippen LogP contribution in [0, 0.1) is 12.8 Å². The van der Waals surface area contributed by atoms with Crippen LogP contribution in [0.2, 0.25) is 0 Å². The number of aryl methyl sites for hydroxylation is 1. The normalized spacial score (nSPS) is 18.9. The highest BCUT2D eigenvalue weighted by atomic mass is 127. The van der Waals surface area contributed by atoms with E-state index in [-0.39, 0.29) is 24.0 Å². The van der Waals surface area contributed by atoms with Gasteiger partial charge in [-0.05, 0) is 57.1 Å². The van der Waals surface area contributed by atoms with Crippen molar-refractivity contribution in [2.24, 2.45) is 10.9 Å². The van der Waals surface area contributed by atoms with Gasteiger partial charge in [0.15, 0.2) is 5.96 Å². The first-order chi connectivity index (χ1) is 13.6. The zero-order valence-corrected chi connectivity index (χ0v) is 20.0. The lowest BCUT2D eigenvalue weighted by Gasteiger charge is -2.34. The standard InChI is InChI=1S/C21H35N5O2.HI/c1-3-22-21(24-13-19(27)15-28-14-17-5-6-17)25-18-8-10-26(11-9-18)20-7-4-16(2)12-23-20;/h4,7,12,17-19,27H,3,5-6,8-11,13-15H2,1-2H3,(H2,22,24,25);1H. The molecule has 1 aromatic rings. The molecule has 164 valence electrons. The number of aliphatic hydroxyl groups is 1. The highest BCUT2D eigenvalue weighted by Gasteiger charge is 2.22. The number of rotatable bonds is 9. The second kappa shape index (κ2) is 12.5. The molecule has 2 fully saturated rings. The molecule has 0 radical (unpaired) electrons. The number of anilines is 1. The van der Waals surface area contributed by atoms with Gasteiger partial charge in [0.1, 0.15) is 5.82 Å². The van der Waals surface area contributed by atoms with Crippen molar-refractivity contribution in [3.8, 4) is 0 Å². The number of aromatic nitrogens is 1. The van der Waals surface area contributed by atoms with Crippen LogP contribution in [0.5, 0.6) is 0 Å². The first kappa shape index (κ1) is 24.1. The van der Waals surface area contributed by atoms with Gasteiger partial charge in [-0.2, -0.15) is 0 Å². The maximum Gasteiger partial charge on any atom is 0.191 e. The summed E-state index contributed by atoms with van der Waals surface area (Å²) in [5.74, 6) is 2.55. The van der Waals surface area contributed by atoms with Crippen LogP contribution in [0.25, 0.3) is 0 Å². The Labute approximate surface area is 191 Å². The Balaban J connectivity index is 0.00000300. The van der Waals surface area contributed by atoms with Crippen molar-refractivity contribution < 1.29 is 9.84 Å². The molecule has 7 nitrogen and oxygen atoms in total. The summed E-state index contributed by atoms with van der Waals surface area (Å²) in [5.41, 5.74) is 1.19. The SMILES string of the molecule is CCNC(=NCC(O)COCC1CC1)NC1CCN(c2ccc(C)cn2)CC1.I. The van der Waals surface area contributed by atoms with Gasteiger partial charge in [0, 0.05) is 38.5 Å². The van der Waals surface area contributed by atoms with Gasteiger partial charge in [0.25, 0.3) is 0 Å². The zero-order chi connectivity index (χ0) is 19.8.